The molecule has 22 heavy (non-hydrogen) atoms. The van der Waals surface area contributed by atoms with Gasteiger partial charge in [-0.2, -0.15) is 0 Å². The van der Waals surface area contributed by atoms with Crippen molar-refractivity contribution in [1.82, 2.24) is 24.8 Å². The van der Waals surface area contributed by atoms with Gasteiger partial charge in [-0.25, -0.2) is 4.98 Å². The largest absolute Gasteiger partial charge is 0.364 e. The van der Waals surface area contributed by atoms with Crippen molar-refractivity contribution < 1.29 is 0 Å². The Hall–Kier alpha value is -3.02. The van der Waals surface area contributed by atoms with Crippen LogP contribution in [0, 0.1) is 6.92 Å². The lowest BCUT2D eigenvalue weighted by Gasteiger charge is -2.08. The van der Waals surface area contributed by atoms with E-state index >= 15 is 0 Å². The average Bonchev–Trinajstić information content (AvgIpc) is 2.92. The summed E-state index contributed by atoms with van der Waals surface area (Å²) in [6, 6.07) is 14.0. The van der Waals surface area contributed by atoms with Gasteiger partial charge in [0.1, 0.15) is 11.6 Å². The number of para-hydroxylation sites is 1. The lowest BCUT2D eigenvalue weighted by Crippen LogP contribution is -2.05. The van der Waals surface area contributed by atoms with Crippen LogP contribution in [0.25, 0.3) is 16.6 Å². The Labute approximate surface area is 126 Å². The predicted molar refractivity (Wildman–Crippen MR) is 84.6 cm³/mol. The van der Waals surface area contributed by atoms with Crippen molar-refractivity contribution in [2.45, 2.75) is 13.5 Å². The van der Waals surface area contributed by atoms with Gasteiger partial charge < -0.3 is 5.32 Å². The Morgan fingerprint density at radius 1 is 1.05 bits per heavy atom. The third kappa shape index (κ3) is 2.24. The molecule has 1 aromatic carbocycles. The molecule has 1 N–H and O–H groups in total. The molecule has 0 spiro atoms. The van der Waals surface area contributed by atoms with Crippen molar-refractivity contribution >= 4 is 22.4 Å². The third-order valence-electron chi connectivity index (χ3n) is 3.49. The van der Waals surface area contributed by atoms with E-state index in [1.54, 1.807) is 4.63 Å². The van der Waals surface area contributed by atoms with Gasteiger partial charge in [0.25, 0.3) is 0 Å². The molecule has 6 nitrogen and oxygen atoms in total. The van der Waals surface area contributed by atoms with Gasteiger partial charge in [-0.1, -0.05) is 24.3 Å². The quantitative estimate of drug-likeness (QED) is 0.628. The molecule has 0 aliphatic carbocycles. The van der Waals surface area contributed by atoms with Gasteiger partial charge in [0, 0.05) is 18.1 Å². The highest BCUT2D eigenvalue weighted by molar-refractivity contribution is 5.81. The van der Waals surface area contributed by atoms with E-state index in [9.17, 15) is 0 Å². The molecule has 0 saturated carbocycles. The second kappa shape index (κ2) is 5.07. The first-order valence-electron chi connectivity index (χ1n) is 7.07. The highest BCUT2D eigenvalue weighted by Crippen LogP contribution is 2.17. The number of rotatable bonds is 3. The smallest absolute Gasteiger partial charge is 0.176 e. The molecule has 0 fully saturated rings. The van der Waals surface area contributed by atoms with Gasteiger partial charge in [-0.15, -0.1) is 14.8 Å². The zero-order valence-corrected chi connectivity index (χ0v) is 12.1. The van der Waals surface area contributed by atoms with E-state index in [4.69, 9.17) is 0 Å². The fraction of sp³-hybridized carbons (Fsp3) is 0.125. The Bertz CT molecular complexity index is 954. The van der Waals surface area contributed by atoms with E-state index in [0.717, 1.165) is 27.9 Å². The summed E-state index contributed by atoms with van der Waals surface area (Å²) in [6.07, 6.45) is 1.81. The van der Waals surface area contributed by atoms with Crippen molar-refractivity contribution in [3.8, 4) is 0 Å². The molecule has 0 bridgehead atoms. The van der Waals surface area contributed by atoms with Gasteiger partial charge in [0.05, 0.1) is 5.52 Å². The minimum absolute atomic E-state index is 0.653. The summed E-state index contributed by atoms with van der Waals surface area (Å²) in [5, 5.41) is 13.1. The number of hydrogen-bond acceptors (Lipinski definition) is 5. The number of aryl methyl sites for hydroxylation is 1. The van der Waals surface area contributed by atoms with Gasteiger partial charge in [0.2, 0.25) is 0 Å². The molecule has 3 aromatic heterocycles. The first kappa shape index (κ1) is 12.7. The second-order valence-electron chi connectivity index (χ2n) is 5.07. The molecule has 0 radical (unpaired) electrons. The number of anilines is 1. The standard InChI is InChI=1S/C16H14N6/c1-11-19-15-8-7-14(21-22(15)20-11)18-10-13-5-2-4-12-6-3-9-17-16(12)13/h2-9H,10H2,1H3,(H,18,21). The molecule has 0 unspecified atom stereocenters. The summed E-state index contributed by atoms with van der Waals surface area (Å²) in [5.74, 6) is 1.47. The van der Waals surface area contributed by atoms with Crippen molar-refractivity contribution in [3.05, 3.63) is 60.0 Å². The number of pyridine rings is 1. The molecule has 0 aliphatic heterocycles. The first-order valence-corrected chi connectivity index (χ1v) is 7.07. The van der Waals surface area contributed by atoms with Crippen molar-refractivity contribution in [3.63, 3.8) is 0 Å². The van der Waals surface area contributed by atoms with Crippen LogP contribution in [0.15, 0.2) is 48.7 Å². The van der Waals surface area contributed by atoms with E-state index in [-0.39, 0.29) is 0 Å². The summed E-state index contributed by atoms with van der Waals surface area (Å²) in [6.45, 7) is 2.50. The van der Waals surface area contributed by atoms with Crippen LogP contribution in [0.1, 0.15) is 11.4 Å². The Balaban J connectivity index is 1.62. The van der Waals surface area contributed by atoms with Crippen molar-refractivity contribution in [1.29, 1.82) is 0 Å². The fourth-order valence-corrected chi connectivity index (χ4v) is 2.48. The lowest BCUT2D eigenvalue weighted by molar-refractivity contribution is 0.788. The van der Waals surface area contributed by atoms with Crippen LogP contribution in [0.4, 0.5) is 5.82 Å². The van der Waals surface area contributed by atoms with Gasteiger partial charge in [-0.05, 0) is 30.7 Å². The maximum Gasteiger partial charge on any atom is 0.176 e. The van der Waals surface area contributed by atoms with Gasteiger partial charge >= 0.3 is 0 Å². The SMILES string of the molecule is Cc1nc2ccc(NCc3cccc4cccnc34)nn2n1. The van der Waals surface area contributed by atoms with Crippen LogP contribution in [0.2, 0.25) is 0 Å². The summed E-state index contributed by atoms with van der Waals surface area (Å²) in [5.41, 5.74) is 2.89. The highest BCUT2D eigenvalue weighted by Gasteiger charge is 2.04. The zero-order valence-electron chi connectivity index (χ0n) is 12.1. The van der Waals surface area contributed by atoms with Crippen LogP contribution in [0.3, 0.4) is 0 Å². The van der Waals surface area contributed by atoms with Gasteiger partial charge in [-0.3, -0.25) is 4.98 Å². The number of nitrogens with one attached hydrogen (secondary N) is 1. The van der Waals surface area contributed by atoms with Crippen LogP contribution in [-0.2, 0) is 6.54 Å². The number of benzene rings is 1. The molecule has 0 aliphatic rings. The van der Waals surface area contributed by atoms with E-state index in [1.807, 2.05) is 37.4 Å². The number of hydrogen-bond donors (Lipinski definition) is 1. The maximum atomic E-state index is 4.46. The van der Waals surface area contributed by atoms with Crippen LogP contribution in [-0.4, -0.2) is 24.8 Å². The Morgan fingerprint density at radius 3 is 2.91 bits per heavy atom. The van der Waals surface area contributed by atoms with Gasteiger partial charge in [0.15, 0.2) is 5.65 Å². The van der Waals surface area contributed by atoms with Crippen LogP contribution >= 0.6 is 0 Å². The molecule has 4 aromatic rings. The Kier molecular flexibility index (Phi) is 2.93. The zero-order chi connectivity index (χ0) is 14.9. The summed E-state index contributed by atoms with van der Waals surface area (Å²) in [7, 11) is 0. The van der Waals surface area contributed by atoms with E-state index in [0.29, 0.717) is 12.4 Å². The molecular weight excluding hydrogens is 276 g/mol. The van der Waals surface area contributed by atoms with Crippen molar-refractivity contribution in [2.24, 2.45) is 0 Å². The third-order valence-corrected chi connectivity index (χ3v) is 3.49. The second-order valence-corrected chi connectivity index (χ2v) is 5.07. The molecule has 4 rings (SSSR count). The maximum absolute atomic E-state index is 4.46. The molecule has 3 heterocycles. The van der Waals surface area contributed by atoms with Crippen LogP contribution < -0.4 is 5.32 Å². The minimum atomic E-state index is 0.653. The molecule has 0 saturated heterocycles. The summed E-state index contributed by atoms with van der Waals surface area (Å²) < 4.78 is 1.54. The molecule has 6 heteroatoms. The monoisotopic (exact) mass is 290 g/mol. The molecule has 108 valence electrons. The average molecular weight is 290 g/mol. The highest BCUT2D eigenvalue weighted by atomic mass is 15.5. The molecule has 0 amide bonds. The topological polar surface area (TPSA) is 68.0 Å². The Morgan fingerprint density at radius 2 is 1.95 bits per heavy atom. The number of fused-ring (bicyclic) bond motifs is 2. The minimum Gasteiger partial charge on any atom is -0.364 e. The van der Waals surface area contributed by atoms with E-state index in [2.05, 4.69) is 43.7 Å². The molecule has 0 atom stereocenters. The lowest BCUT2D eigenvalue weighted by atomic mass is 10.1. The normalized spacial score (nSPS) is 11.1. The first-order chi connectivity index (χ1) is 10.8. The summed E-state index contributed by atoms with van der Waals surface area (Å²) >= 11 is 0. The van der Waals surface area contributed by atoms with Crippen molar-refractivity contribution in [2.75, 3.05) is 5.32 Å². The number of aromatic nitrogens is 5. The van der Waals surface area contributed by atoms with E-state index in [1.165, 1.54) is 0 Å². The summed E-state index contributed by atoms with van der Waals surface area (Å²) in [4.78, 5) is 8.72. The van der Waals surface area contributed by atoms with Crippen LogP contribution in [0.5, 0.6) is 0 Å². The predicted octanol–water partition coefficient (Wildman–Crippen LogP) is 2.59. The van der Waals surface area contributed by atoms with E-state index < -0.39 is 0 Å². The number of nitrogens with zero attached hydrogens (tertiary/aromatic N) is 5. The fourth-order valence-electron chi connectivity index (χ4n) is 2.48. The molecular formula is C16H14N6.